The van der Waals surface area contributed by atoms with Gasteiger partial charge in [-0.15, -0.1) is 0 Å². The second-order valence-corrected chi connectivity index (χ2v) is 4.39. The van der Waals surface area contributed by atoms with Crippen LogP contribution < -0.4 is 5.73 Å². The lowest BCUT2D eigenvalue weighted by Gasteiger charge is -2.24. The maximum Gasteiger partial charge on any atom is 0.144 e. The Labute approximate surface area is 96.3 Å². The van der Waals surface area contributed by atoms with Gasteiger partial charge in [-0.05, 0) is 24.1 Å². The Morgan fingerprint density at radius 3 is 2.69 bits per heavy atom. The summed E-state index contributed by atoms with van der Waals surface area (Å²) in [7, 11) is 0. The molecule has 0 aromatic heterocycles. The molecule has 1 rings (SSSR count). The molecule has 0 heterocycles. The highest BCUT2D eigenvalue weighted by molar-refractivity contribution is 5.86. The van der Waals surface area contributed by atoms with Crippen LogP contribution in [0, 0.1) is 5.41 Å². The van der Waals surface area contributed by atoms with Crippen LogP contribution in [0.2, 0.25) is 0 Å². The summed E-state index contributed by atoms with van der Waals surface area (Å²) in [6, 6.07) is 6.79. The smallest absolute Gasteiger partial charge is 0.144 e. The molecule has 3 nitrogen and oxygen atoms in total. The molecule has 0 aliphatic heterocycles. The van der Waals surface area contributed by atoms with Crippen molar-refractivity contribution in [1.82, 2.24) is 0 Å². The van der Waals surface area contributed by atoms with Crippen molar-refractivity contribution in [1.29, 1.82) is 0 Å². The number of carbonyl (C=O) groups excluding carboxylic acids is 1. The number of nitrogens with two attached hydrogens (primary N) is 1. The van der Waals surface area contributed by atoms with E-state index in [0.29, 0.717) is 13.0 Å². The molecule has 3 N–H and O–H groups in total. The first-order chi connectivity index (χ1) is 7.51. The van der Waals surface area contributed by atoms with Gasteiger partial charge in [0.25, 0.3) is 0 Å². The number of rotatable bonds is 5. The SMILES string of the molecule is CCC(C)(CN)C(=O)Cc1cccc(O)c1. The van der Waals surface area contributed by atoms with E-state index in [1.54, 1.807) is 18.2 Å². The van der Waals surface area contributed by atoms with Gasteiger partial charge >= 0.3 is 0 Å². The highest BCUT2D eigenvalue weighted by Crippen LogP contribution is 2.23. The highest BCUT2D eigenvalue weighted by Gasteiger charge is 2.29. The molecule has 0 saturated heterocycles. The predicted octanol–water partition coefficient (Wildman–Crippen LogP) is 1.88. The lowest BCUT2D eigenvalue weighted by atomic mass is 9.80. The Morgan fingerprint density at radius 1 is 1.50 bits per heavy atom. The van der Waals surface area contributed by atoms with Crippen LogP contribution in [0.25, 0.3) is 0 Å². The van der Waals surface area contributed by atoms with Crippen LogP contribution in [-0.4, -0.2) is 17.4 Å². The van der Waals surface area contributed by atoms with E-state index < -0.39 is 5.41 Å². The molecule has 3 heteroatoms. The van der Waals surface area contributed by atoms with Crippen LogP contribution in [0.15, 0.2) is 24.3 Å². The summed E-state index contributed by atoms with van der Waals surface area (Å²) in [5.74, 6) is 0.319. The minimum Gasteiger partial charge on any atom is -0.508 e. The number of carbonyl (C=O) groups is 1. The Morgan fingerprint density at radius 2 is 2.19 bits per heavy atom. The number of ketones is 1. The molecule has 1 atom stereocenters. The summed E-state index contributed by atoms with van der Waals surface area (Å²) in [5.41, 5.74) is 6.01. The van der Waals surface area contributed by atoms with Gasteiger partial charge in [0, 0.05) is 18.4 Å². The van der Waals surface area contributed by atoms with E-state index in [4.69, 9.17) is 5.73 Å². The standard InChI is InChI=1S/C13H19NO2/c1-3-13(2,9-14)12(16)8-10-5-4-6-11(15)7-10/h4-7,15H,3,8-9,14H2,1-2H3. The van der Waals surface area contributed by atoms with Crippen molar-refractivity contribution in [2.45, 2.75) is 26.7 Å². The minimum atomic E-state index is -0.453. The fraction of sp³-hybridized carbons (Fsp3) is 0.462. The molecule has 0 fully saturated rings. The van der Waals surface area contributed by atoms with Gasteiger partial charge < -0.3 is 10.8 Å². The first-order valence-corrected chi connectivity index (χ1v) is 5.53. The van der Waals surface area contributed by atoms with E-state index in [1.165, 1.54) is 0 Å². The average Bonchev–Trinajstić information content (AvgIpc) is 2.28. The second-order valence-electron chi connectivity index (χ2n) is 4.39. The zero-order valence-corrected chi connectivity index (χ0v) is 9.86. The van der Waals surface area contributed by atoms with Crippen LogP contribution >= 0.6 is 0 Å². The lowest BCUT2D eigenvalue weighted by Crippen LogP contribution is -2.36. The van der Waals surface area contributed by atoms with E-state index in [9.17, 15) is 9.90 Å². The molecule has 1 aromatic rings. The van der Waals surface area contributed by atoms with E-state index >= 15 is 0 Å². The normalized spacial score (nSPS) is 14.4. The lowest BCUT2D eigenvalue weighted by molar-refractivity contribution is -0.126. The van der Waals surface area contributed by atoms with Crippen molar-refractivity contribution >= 4 is 5.78 Å². The summed E-state index contributed by atoms with van der Waals surface area (Å²) < 4.78 is 0. The molecular formula is C13H19NO2. The van der Waals surface area contributed by atoms with Gasteiger partial charge in [-0.2, -0.15) is 0 Å². The van der Waals surface area contributed by atoms with Gasteiger partial charge in [0.15, 0.2) is 0 Å². The molecule has 0 spiro atoms. The molecule has 1 unspecified atom stereocenters. The summed E-state index contributed by atoms with van der Waals surface area (Å²) in [6.07, 6.45) is 1.07. The van der Waals surface area contributed by atoms with Crippen LogP contribution in [0.3, 0.4) is 0 Å². The molecule has 0 saturated carbocycles. The van der Waals surface area contributed by atoms with E-state index in [1.807, 2.05) is 19.9 Å². The maximum atomic E-state index is 12.0. The number of hydrogen-bond acceptors (Lipinski definition) is 3. The van der Waals surface area contributed by atoms with Crippen LogP contribution in [0.5, 0.6) is 5.75 Å². The number of benzene rings is 1. The van der Waals surface area contributed by atoms with Crippen molar-refractivity contribution in [3.63, 3.8) is 0 Å². The number of aromatic hydroxyl groups is 1. The molecule has 1 aromatic carbocycles. The van der Waals surface area contributed by atoms with E-state index in [-0.39, 0.29) is 11.5 Å². The fourth-order valence-electron chi connectivity index (χ4n) is 1.52. The molecule has 0 amide bonds. The Bertz CT molecular complexity index is 370. The van der Waals surface area contributed by atoms with Gasteiger partial charge in [-0.25, -0.2) is 0 Å². The number of phenols is 1. The van der Waals surface area contributed by atoms with Crippen molar-refractivity contribution in [2.24, 2.45) is 11.1 Å². The largest absolute Gasteiger partial charge is 0.508 e. The van der Waals surface area contributed by atoms with Crippen LogP contribution in [0.4, 0.5) is 0 Å². The minimum absolute atomic E-state index is 0.128. The molecule has 88 valence electrons. The molecule has 0 aliphatic rings. The molecule has 0 aliphatic carbocycles. The average molecular weight is 221 g/mol. The quantitative estimate of drug-likeness (QED) is 0.798. The number of phenolic OH excluding ortho intramolecular Hbond substituents is 1. The number of hydrogen-bond donors (Lipinski definition) is 2. The third-order valence-electron chi connectivity index (χ3n) is 3.18. The van der Waals surface area contributed by atoms with Gasteiger partial charge in [-0.3, -0.25) is 4.79 Å². The maximum absolute atomic E-state index is 12.0. The first-order valence-electron chi connectivity index (χ1n) is 5.53. The Hall–Kier alpha value is -1.35. The topological polar surface area (TPSA) is 63.3 Å². The van der Waals surface area contributed by atoms with Crippen molar-refractivity contribution < 1.29 is 9.90 Å². The second kappa shape index (κ2) is 5.12. The molecule has 0 bridgehead atoms. The number of Topliss-reactive ketones (excluding diaryl/α,β-unsaturated/α-hetero) is 1. The van der Waals surface area contributed by atoms with Gasteiger partial charge in [0.1, 0.15) is 11.5 Å². The molecule has 16 heavy (non-hydrogen) atoms. The monoisotopic (exact) mass is 221 g/mol. The Kier molecular flexibility index (Phi) is 4.07. The predicted molar refractivity (Wildman–Crippen MR) is 64.3 cm³/mol. The van der Waals surface area contributed by atoms with Gasteiger partial charge in [0.05, 0.1) is 0 Å². The third kappa shape index (κ3) is 2.83. The summed E-state index contributed by atoms with van der Waals surface area (Å²) in [6.45, 7) is 4.21. The highest BCUT2D eigenvalue weighted by atomic mass is 16.3. The van der Waals surface area contributed by atoms with E-state index in [0.717, 1.165) is 12.0 Å². The van der Waals surface area contributed by atoms with Crippen LogP contribution in [0.1, 0.15) is 25.8 Å². The van der Waals surface area contributed by atoms with Crippen LogP contribution in [-0.2, 0) is 11.2 Å². The summed E-state index contributed by atoms with van der Waals surface area (Å²) in [5, 5.41) is 9.31. The fourth-order valence-corrected chi connectivity index (χ4v) is 1.52. The zero-order chi connectivity index (χ0) is 12.2. The van der Waals surface area contributed by atoms with Crippen molar-refractivity contribution in [3.05, 3.63) is 29.8 Å². The summed E-state index contributed by atoms with van der Waals surface area (Å²) in [4.78, 5) is 12.0. The Balaban J connectivity index is 2.78. The third-order valence-corrected chi connectivity index (χ3v) is 3.18. The van der Waals surface area contributed by atoms with Crippen molar-refractivity contribution in [3.8, 4) is 5.75 Å². The van der Waals surface area contributed by atoms with Gasteiger partial charge in [-0.1, -0.05) is 26.0 Å². The first kappa shape index (κ1) is 12.7. The van der Waals surface area contributed by atoms with Crippen molar-refractivity contribution in [2.75, 3.05) is 6.54 Å². The zero-order valence-electron chi connectivity index (χ0n) is 9.86. The molecule has 0 radical (unpaired) electrons. The van der Waals surface area contributed by atoms with E-state index in [2.05, 4.69) is 0 Å². The summed E-state index contributed by atoms with van der Waals surface area (Å²) >= 11 is 0. The molecular weight excluding hydrogens is 202 g/mol. The van der Waals surface area contributed by atoms with Gasteiger partial charge in [0.2, 0.25) is 0 Å².